The first-order valence-corrected chi connectivity index (χ1v) is 5.32. The zero-order chi connectivity index (χ0) is 9.80. The second kappa shape index (κ2) is 4.43. The summed E-state index contributed by atoms with van der Waals surface area (Å²) in [4.78, 5) is 0. The summed E-state index contributed by atoms with van der Waals surface area (Å²) in [6, 6.07) is 6.87. The van der Waals surface area contributed by atoms with Crippen LogP contribution < -0.4 is 5.32 Å². The molecule has 74 valence electrons. The third kappa shape index (κ3) is 2.05. The molecule has 0 heterocycles. The van der Waals surface area contributed by atoms with Crippen molar-refractivity contribution < 1.29 is 0 Å². The first-order chi connectivity index (χ1) is 6.90. The number of rotatable bonds is 4. The van der Waals surface area contributed by atoms with Gasteiger partial charge in [-0.25, -0.2) is 0 Å². The van der Waals surface area contributed by atoms with Crippen LogP contribution in [-0.2, 0) is 19.4 Å². The first-order valence-electron chi connectivity index (χ1n) is 5.32. The summed E-state index contributed by atoms with van der Waals surface area (Å²) >= 11 is 0. The number of benzene rings is 1. The van der Waals surface area contributed by atoms with Crippen LogP contribution in [0.25, 0.3) is 0 Å². The van der Waals surface area contributed by atoms with Gasteiger partial charge >= 0.3 is 0 Å². The van der Waals surface area contributed by atoms with Gasteiger partial charge in [0.15, 0.2) is 0 Å². The van der Waals surface area contributed by atoms with E-state index in [2.05, 4.69) is 30.1 Å². The number of hydrogen-bond acceptors (Lipinski definition) is 1. The molecule has 0 spiro atoms. The second-order valence-corrected chi connectivity index (χ2v) is 3.88. The van der Waals surface area contributed by atoms with Gasteiger partial charge in [-0.05, 0) is 36.0 Å². The summed E-state index contributed by atoms with van der Waals surface area (Å²) in [7, 11) is 0. The fourth-order valence-electron chi connectivity index (χ4n) is 2.05. The number of nitrogens with one attached hydrogen (secondary N) is 1. The van der Waals surface area contributed by atoms with E-state index in [0.29, 0.717) is 0 Å². The minimum Gasteiger partial charge on any atom is -0.309 e. The number of aryl methyl sites for hydroxylation is 2. The lowest BCUT2D eigenvalue weighted by Gasteiger charge is -2.05. The van der Waals surface area contributed by atoms with E-state index in [9.17, 15) is 0 Å². The predicted octanol–water partition coefficient (Wildman–Crippen LogP) is 2.45. The van der Waals surface area contributed by atoms with Crippen LogP contribution in [0.3, 0.4) is 0 Å². The molecule has 0 bridgehead atoms. The molecule has 0 atom stereocenters. The Hall–Kier alpha value is -1.08. The zero-order valence-electron chi connectivity index (χ0n) is 8.55. The van der Waals surface area contributed by atoms with E-state index < -0.39 is 0 Å². The summed E-state index contributed by atoms with van der Waals surface area (Å²) in [5, 5.41) is 3.32. The molecule has 1 aromatic rings. The van der Waals surface area contributed by atoms with E-state index in [1.165, 1.54) is 24.8 Å². The summed E-state index contributed by atoms with van der Waals surface area (Å²) in [5.41, 5.74) is 4.51. The molecule has 0 radical (unpaired) electrons. The molecule has 0 aliphatic heterocycles. The topological polar surface area (TPSA) is 12.0 Å². The summed E-state index contributed by atoms with van der Waals surface area (Å²) < 4.78 is 0. The van der Waals surface area contributed by atoms with Gasteiger partial charge in [-0.1, -0.05) is 24.3 Å². The van der Waals surface area contributed by atoms with E-state index in [1.54, 1.807) is 11.1 Å². The Kier molecular flexibility index (Phi) is 3.00. The Balaban J connectivity index is 2.01. The van der Waals surface area contributed by atoms with Crippen molar-refractivity contribution in [3.63, 3.8) is 0 Å². The molecular formula is C13H17N. The van der Waals surface area contributed by atoms with Crippen molar-refractivity contribution in [1.29, 1.82) is 0 Å². The zero-order valence-corrected chi connectivity index (χ0v) is 8.55. The predicted molar refractivity (Wildman–Crippen MR) is 60.4 cm³/mol. The molecule has 0 saturated heterocycles. The fourth-order valence-corrected chi connectivity index (χ4v) is 2.05. The molecule has 1 nitrogen and oxygen atoms in total. The van der Waals surface area contributed by atoms with Crippen molar-refractivity contribution in [2.45, 2.75) is 25.8 Å². The van der Waals surface area contributed by atoms with Gasteiger partial charge in [0.1, 0.15) is 0 Å². The molecule has 1 aliphatic carbocycles. The molecule has 2 rings (SSSR count). The first kappa shape index (κ1) is 9.47. The Bertz CT molecular complexity index is 328. The van der Waals surface area contributed by atoms with Crippen LogP contribution in [0.1, 0.15) is 23.1 Å². The van der Waals surface area contributed by atoms with Gasteiger partial charge in [-0.15, -0.1) is 6.58 Å². The Morgan fingerprint density at radius 2 is 2.14 bits per heavy atom. The van der Waals surface area contributed by atoms with Crippen LogP contribution in [0, 0.1) is 0 Å². The molecular weight excluding hydrogens is 170 g/mol. The smallest absolute Gasteiger partial charge is 0.0208 e. The SMILES string of the molecule is C=CCNCc1ccc2c(c1)CCC2. The summed E-state index contributed by atoms with van der Waals surface area (Å²) in [6.45, 7) is 5.53. The van der Waals surface area contributed by atoms with Gasteiger partial charge in [0, 0.05) is 13.1 Å². The van der Waals surface area contributed by atoms with Crippen molar-refractivity contribution >= 4 is 0 Å². The minimum atomic E-state index is 0.886. The maximum atomic E-state index is 3.69. The molecule has 1 N–H and O–H groups in total. The van der Waals surface area contributed by atoms with Crippen LogP contribution in [0.2, 0.25) is 0 Å². The maximum Gasteiger partial charge on any atom is 0.0208 e. The van der Waals surface area contributed by atoms with Crippen LogP contribution in [0.15, 0.2) is 30.9 Å². The monoisotopic (exact) mass is 187 g/mol. The van der Waals surface area contributed by atoms with Crippen LogP contribution in [-0.4, -0.2) is 6.54 Å². The molecule has 1 aromatic carbocycles. The Morgan fingerprint density at radius 1 is 1.29 bits per heavy atom. The Labute approximate surface area is 85.8 Å². The standard InChI is InChI=1S/C13H17N/c1-2-8-14-10-11-6-7-12-4-3-5-13(12)9-11/h2,6-7,9,14H,1,3-5,8,10H2. The van der Waals surface area contributed by atoms with E-state index in [-0.39, 0.29) is 0 Å². The average molecular weight is 187 g/mol. The maximum absolute atomic E-state index is 3.69. The van der Waals surface area contributed by atoms with E-state index >= 15 is 0 Å². The number of hydrogen-bond donors (Lipinski definition) is 1. The molecule has 1 heteroatoms. The molecule has 14 heavy (non-hydrogen) atoms. The lowest BCUT2D eigenvalue weighted by atomic mass is 10.1. The van der Waals surface area contributed by atoms with Crippen molar-refractivity contribution in [2.24, 2.45) is 0 Å². The van der Waals surface area contributed by atoms with Gasteiger partial charge < -0.3 is 5.32 Å². The van der Waals surface area contributed by atoms with Crippen LogP contribution in [0.4, 0.5) is 0 Å². The molecule has 0 unspecified atom stereocenters. The van der Waals surface area contributed by atoms with E-state index in [4.69, 9.17) is 0 Å². The van der Waals surface area contributed by atoms with Crippen LogP contribution in [0.5, 0.6) is 0 Å². The highest BCUT2D eigenvalue weighted by atomic mass is 14.8. The van der Waals surface area contributed by atoms with Crippen molar-refractivity contribution in [2.75, 3.05) is 6.54 Å². The fraction of sp³-hybridized carbons (Fsp3) is 0.385. The average Bonchev–Trinajstić information content (AvgIpc) is 2.65. The normalized spacial score (nSPS) is 14.0. The van der Waals surface area contributed by atoms with Crippen molar-refractivity contribution in [3.8, 4) is 0 Å². The van der Waals surface area contributed by atoms with Gasteiger partial charge in [0.25, 0.3) is 0 Å². The van der Waals surface area contributed by atoms with Gasteiger partial charge in [0.05, 0.1) is 0 Å². The lowest BCUT2D eigenvalue weighted by molar-refractivity contribution is 0.759. The molecule has 0 amide bonds. The quantitative estimate of drug-likeness (QED) is 0.564. The molecule has 0 saturated carbocycles. The third-order valence-corrected chi connectivity index (χ3v) is 2.78. The molecule has 0 aromatic heterocycles. The van der Waals surface area contributed by atoms with Gasteiger partial charge in [-0.3, -0.25) is 0 Å². The van der Waals surface area contributed by atoms with Crippen molar-refractivity contribution in [3.05, 3.63) is 47.5 Å². The van der Waals surface area contributed by atoms with Crippen molar-refractivity contribution in [1.82, 2.24) is 5.32 Å². The number of fused-ring (bicyclic) bond motifs is 1. The van der Waals surface area contributed by atoms with Gasteiger partial charge in [0.2, 0.25) is 0 Å². The lowest BCUT2D eigenvalue weighted by Crippen LogP contribution is -2.12. The largest absolute Gasteiger partial charge is 0.309 e. The Morgan fingerprint density at radius 3 is 3.00 bits per heavy atom. The molecule has 0 fully saturated rings. The second-order valence-electron chi connectivity index (χ2n) is 3.88. The highest BCUT2D eigenvalue weighted by Gasteiger charge is 2.09. The summed E-state index contributed by atoms with van der Waals surface area (Å²) in [6.07, 6.45) is 5.77. The van der Waals surface area contributed by atoms with Crippen LogP contribution >= 0.6 is 0 Å². The highest BCUT2D eigenvalue weighted by molar-refractivity contribution is 5.35. The van der Waals surface area contributed by atoms with Gasteiger partial charge in [-0.2, -0.15) is 0 Å². The summed E-state index contributed by atoms with van der Waals surface area (Å²) in [5.74, 6) is 0. The third-order valence-electron chi connectivity index (χ3n) is 2.78. The van der Waals surface area contributed by atoms with E-state index in [0.717, 1.165) is 13.1 Å². The highest BCUT2D eigenvalue weighted by Crippen LogP contribution is 2.22. The van der Waals surface area contributed by atoms with E-state index in [1.807, 2.05) is 6.08 Å². The minimum absolute atomic E-state index is 0.886. The molecule has 1 aliphatic rings.